The molecule has 0 bridgehead atoms. The fourth-order valence-electron chi connectivity index (χ4n) is 0.289. The lowest BCUT2D eigenvalue weighted by molar-refractivity contribution is -0.166. The van der Waals surface area contributed by atoms with Crippen LogP contribution in [0.2, 0.25) is 0 Å². The summed E-state index contributed by atoms with van der Waals surface area (Å²) in [6, 6.07) is 0. The van der Waals surface area contributed by atoms with E-state index < -0.39 is 0 Å². The van der Waals surface area contributed by atoms with Crippen molar-refractivity contribution in [3.05, 3.63) is 0 Å². The summed E-state index contributed by atoms with van der Waals surface area (Å²) < 4.78 is 7.72. The van der Waals surface area contributed by atoms with Crippen LogP contribution in [0.5, 0.6) is 0 Å². The summed E-state index contributed by atoms with van der Waals surface area (Å²) in [5.41, 5.74) is 0. The van der Waals surface area contributed by atoms with Crippen molar-refractivity contribution in [1.82, 2.24) is 0 Å². The van der Waals surface area contributed by atoms with E-state index in [1.165, 1.54) is 12.8 Å². The molecule has 0 aliphatic carbocycles. The summed E-state index contributed by atoms with van der Waals surface area (Å²) in [5, 5.41) is 0. The van der Waals surface area contributed by atoms with Crippen LogP contribution in [0.3, 0.4) is 0 Å². The predicted octanol–water partition coefficient (Wildman–Crippen LogP) is 1.94. The Bertz CT molecular complexity index is 27.7. The molecule has 8 heavy (non-hydrogen) atoms. The van der Waals surface area contributed by atoms with E-state index in [4.69, 9.17) is 4.66 Å². The van der Waals surface area contributed by atoms with Crippen molar-refractivity contribution in [3.63, 3.8) is 0 Å². The van der Waals surface area contributed by atoms with Crippen LogP contribution in [0.4, 0.5) is 0 Å². The molecule has 0 radical (unpaired) electrons. The first-order valence-electron chi connectivity index (χ1n) is 2.96. The molecule has 0 aromatic rings. The lowest BCUT2D eigenvalue weighted by atomic mass is 10.1. The summed E-state index contributed by atoms with van der Waals surface area (Å²) in [4.78, 5) is 0. The van der Waals surface area contributed by atoms with Gasteiger partial charge in [0.05, 0.1) is 0 Å². The Hall–Kier alpha value is 0.250. The Morgan fingerprint density at radius 3 is 1.50 bits per heavy atom. The van der Waals surface area contributed by atoms with E-state index >= 15 is 0 Å². The van der Waals surface area contributed by atoms with Crippen molar-refractivity contribution in [1.29, 1.82) is 0 Å². The molecule has 0 heterocycles. The van der Waals surface area contributed by atoms with E-state index in [9.17, 15) is 0 Å². The van der Waals surface area contributed by atoms with E-state index in [1.54, 1.807) is 0 Å². The Balaban J connectivity index is 0. The van der Waals surface area contributed by atoms with Crippen LogP contribution < -0.4 is 4.66 Å². The third-order valence-electron chi connectivity index (χ3n) is 1.39. The minimum atomic E-state index is 0.935. The highest BCUT2D eigenvalue weighted by molar-refractivity contribution is 6.02. The molecule has 0 amide bonds. The molecular formula is C6H14ClO-. The van der Waals surface area contributed by atoms with Crippen LogP contribution in [0.1, 0.15) is 33.6 Å². The average molecular weight is 138 g/mol. The number of rotatable bonds is 2. The van der Waals surface area contributed by atoms with Gasteiger partial charge in [0.2, 0.25) is 0 Å². The normalized spacial score (nSPS) is 8.25. The third kappa shape index (κ3) is 9.54. The van der Waals surface area contributed by atoms with Crippen molar-refractivity contribution in [2.45, 2.75) is 33.6 Å². The number of hydrogen-bond acceptors (Lipinski definition) is 1. The lowest BCUT2D eigenvalue weighted by Gasteiger charge is -1.98. The molecular weight excluding hydrogens is 124 g/mol. The molecule has 0 atom stereocenters. The smallest absolute Gasteiger partial charge is 0.0448 e. The molecule has 0 aliphatic heterocycles. The van der Waals surface area contributed by atoms with Gasteiger partial charge in [-0.2, -0.15) is 0 Å². The molecule has 52 valence electrons. The summed E-state index contributed by atoms with van der Waals surface area (Å²) in [5.74, 6) is 0.935. The first kappa shape index (κ1) is 11.1. The van der Waals surface area contributed by atoms with Crippen LogP contribution in [0, 0.1) is 5.92 Å². The Morgan fingerprint density at radius 2 is 1.50 bits per heavy atom. The lowest BCUT2D eigenvalue weighted by Crippen LogP contribution is -1.85. The molecule has 0 fully saturated rings. The van der Waals surface area contributed by atoms with Gasteiger partial charge in [-0.15, -0.1) is 0 Å². The van der Waals surface area contributed by atoms with Gasteiger partial charge in [-0.25, -0.2) is 11.9 Å². The first-order chi connectivity index (χ1) is 3.81. The van der Waals surface area contributed by atoms with Crippen molar-refractivity contribution in [2.24, 2.45) is 5.92 Å². The number of halogens is 1. The zero-order chi connectivity index (χ0) is 6.99. The van der Waals surface area contributed by atoms with E-state index in [-0.39, 0.29) is 0 Å². The maximum Gasteiger partial charge on any atom is -0.0448 e. The number of hydrogen-bond donors (Lipinski definition) is 0. The maximum atomic E-state index is 7.72. The van der Waals surface area contributed by atoms with Crippen molar-refractivity contribution in [2.75, 3.05) is 0 Å². The highest BCUT2D eigenvalue weighted by Crippen LogP contribution is 2.02. The summed E-state index contributed by atoms with van der Waals surface area (Å²) in [7, 11) is 0. The van der Waals surface area contributed by atoms with Gasteiger partial charge in [0.25, 0.3) is 0 Å². The van der Waals surface area contributed by atoms with Gasteiger partial charge in [-0.1, -0.05) is 33.6 Å². The molecule has 0 aromatic heterocycles. The fraction of sp³-hybridized carbons (Fsp3) is 1.00. The minimum absolute atomic E-state index is 0.935. The second-order valence-corrected chi connectivity index (χ2v) is 1.92. The van der Waals surface area contributed by atoms with Crippen molar-refractivity contribution >= 4 is 11.9 Å². The van der Waals surface area contributed by atoms with Crippen molar-refractivity contribution in [3.8, 4) is 0 Å². The van der Waals surface area contributed by atoms with Gasteiger partial charge in [-0.05, 0) is 5.92 Å². The summed E-state index contributed by atoms with van der Waals surface area (Å²) in [6.07, 6.45) is 2.66. The molecule has 0 spiro atoms. The predicted molar refractivity (Wildman–Crippen MR) is 35.6 cm³/mol. The molecule has 0 N–H and O–H groups in total. The second kappa shape index (κ2) is 10.3. The molecule has 0 saturated heterocycles. The van der Waals surface area contributed by atoms with Crippen LogP contribution in [-0.2, 0) is 0 Å². The Labute approximate surface area is 56.8 Å². The molecule has 0 unspecified atom stereocenters. The van der Waals surface area contributed by atoms with Crippen LogP contribution in [0.25, 0.3) is 0 Å². The van der Waals surface area contributed by atoms with E-state index in [1.807, 2.05) is 0 Å². The molecule has 0 rings (SSSR count). The van der Waals surface area contributed by atoms with E-state index in [0.717, 1.165) is 5.92 Å². The third-order valence-corrected chi connectivity index (χ3v) is 1.39. The molecule has 2 heteroatoms. The summed E-state index contributed by atoms with van der Waals surface area (Å²) >= 11 is 3.39. The average Bonchev–Trinajstić information content (AvgIpc) is 1.91. The zero-order valence-corrected chi connectivity index (χ0v) is 6.53. The highest BCUT2D eigenvalue weighted by Gasteiger charge is 1.88. The first-order valence-corrected chi connectivity index (χ1v) is 3.27. The van der Waals surface area contributed by atoms with Crippen LogP contribution >= 0.6 is 11.9 Å². The van der Waals surface area contributed by atoms with Crippen molar-refractivity contribution < 1.29 is 4.66 Å². The zero-order valence-electron chi connectivity index (χ0n) is 5.78. The fourth-order valence-corrected chi connectivity index (χ4v) is 0.289. The van der Waals surface area contributed by atoms with E-state index in [2.05, 4.69) is 32.6 Å². The second-order valence-electron chi connectivity index (χ2n) is 1.92. The SMILES string of the molecule is CCC(C)CC.[O-]Cl. The van der Waals surface area contributed by atoms with Crippen LogP contribution in [-0.4, -0.2) is 0 Å². The highest BCUT2D eigenvalue weighted by atomic mass is 35.5. The topological polar surface area (TPSA) is 23.1 Å². The molecule has 1 nitrogen and oxygen atoms in total. The summed E-state index contributed by atoms with van der Waals surface area (Å²) in [6.45, 7) is 6.74. The standard InChI is InChI=1S/C6H14.ClO/c1-4-6(3)5-2;1-2/h6H,4-5H2,1-3H3;/q;-1. The molecule has 0 saturated carbocycles. The van der Waals surface area contributed by atoms with E-state index in [0.29, 0.717) is 0 Å². The monoisotopic (exact) mass is 137 g/mol. The Morgan fingerprint density at radius 1 is 1.25 bits per heavy atom. The molecule has 0 aliphatic rings. The van der Waals surface area contributed by atoms with Gasteiger partial charge >= 0.3 is 0 Å². The maximum absolute atomic E-state index is 7.72. The van der Waals surface area contributed by atoms with Crippen LogP contribution in [0.15, 0.2) is 0 Å². The minimum Gasteiger partial charge on any atom is -0.769 e. The quantitative estimate of drug-likeness (QED) is 0.571. The largest absolute Gasteiger partial charge is 0.769 e. The van der Waals surface area contributed by atoms with Gasteiger partial charge in [0, 0.05) is 0 Å². The van der Waals surface area contributed by atoms with Gasteiger partial charge in [-0.3, -0.25) is 0 Å². The van der Waals surface area contributed by atoms with Gasteiger partial charge in [0.1, 0.15) is 0 Å². The van der Waals surface area contributed by atoms with Gasteiger partial charge < -0.3 is 4.66 Å². The Kier molecular flexibility index (Phi) is 14.3. The molecule has 0 aromatic carbocycles. The van der Waals surface area contributed by atoms with Gasteiger partial charge in [0.15, 0.2) is 0 Å².